The van der Waals surface area contributed by atoms with Crippen molar-refractivity contribution in [3.63, 3.8) is 0 Å². The number of carbonyl (C=O) groups excluding carboxylic acids is 3. The second-order valence-electron chi connectivity index (χ2n) is 7.62. The van der Waals surface area contributed by atoms with Crippen LogP contribution in [-0.4, -0.2) is 24.5 Å². The fraction of sp³-hybridized carbons (Fsp3) is 0.550. The van der Waals surface area contributed by atoms with Gasteiger partial charge in [-0.2, -0.15) is 0 Å². The van der Waals surface area contributed by atoms with Gasteiger partial charge in [0.2, 0.25) is 0 Å². The third-order valence-electron chi connectivity index (χ3n) is 5.56. The Hall–Kier alpha value is -2.37. The Morgan fingerprint density at radius 1 is 1.15 bits per heavy atom. The summed E-state index contributed by atoms with van der Waals surface area (Å²) in [5, 5.41) is 4.80. The Balaban J connectivity index is 1.38. The van der Waals surface area contributed by atoms with Crippen LogP contribution in [0.25, 0.3) is 0 Å². The first-order valence-corrected chi connectivity index (χ1v) is 9.24. The number of aryl methyl sites for hydroxylation is 2. The number of amides is 3. The minimum atomic E-state index is -0.633. The monoisotopic (exact) mass is 358 g/mol. The molecule has 2 bridgehead atoms. The number of benzene rings is 1. The predicted molar refractivity (Wildman–Crippen MR) is 97.6 cm³/mol. The summed E-state index contributed by atoms with van der Waals surface area (Å²) in [6.45, 7) is 3.41. The predicted octanol–water partition coefficient (Wildman–Crippen LogP) is 3.32. The van der Waals surface area contributed by atoms with E-state index in [4.69, 9.17) is 4.74 Å². The molecule has 26 heavy (non-hydrogen) atoms. The second kappa shape index (κ2) is 7.89. The molecule has 2 N–H and O–H groups in total. The molecule has 2 saturated carbocycles. The van der Waals surface area contributed by atoms with E-state index in [9.17, 15) is 14.4 Å². The molecule has 140 valence electrons. The number of carbonyl (C=O) groups is 3. The maximum Gasteiger partial charge on any atom is 0.325 e. The molecular weight excluding hydrogens is 332 g/mol. The summed E-state index contributed by atoms with van der Waals surface area (Å²) in [6, 6.07) is 4.96. The fourth-order valence-electron chi connectivity index (χ4n) is 4.32. The van der Waals surface area contributed by atoms with Crippen molar-refractivity contribution in [1.82, 2.24) is 5.32 Å². The van der Waals surface area contributed by atoms with E-state index in [0.29, 0.717) is 23.9 Å². The molecule has 0 unspecified atom stereocenters. The molecule has 3 rings (SSSR count). The van der Waals surface area contributed by atoms with E-state index in [2.05, 4.69) is 10.6 Å². The zero-order valence-electron chi connectivity index (χ0n) is 15.3. The SMILES string of the molecule is Cc1ccc(NC(=O)NC(=O)COC(=O)C[C@H]2C[C@H]3CC[C@@H]2C3)c(C)c1. The lowest BCUT2D eigenvalue weighted by Gasteiger charge is -2.20. The molecule has 6 heteroatoms. The Morgan fingerprint density at radius 3 is 2.62 bits per heavy atom. The Morgan fingerprint density at radius 2 is 1.96 bits per heavy atom. The van der Waals surface area contributed by atoms with Gasteiger partial charge in [-0.3, -0.25) is 14.9 Å². The second-order valence-corrected chi connectivity index (χ2v) is 7.62. The van der Waals surface area contributed by atoms with Gasteiger partial charge in [-0.25, -0.2) is 4.79 Å². The number of imide groups is 1. The van der Waals surface area contributed by atoms with Crippen LogP contribution < -0.4 is 10.6 Å². The van der Waals surface area contributed by atoms with Gasteiger partial charge in [0, 0.05) is 12.1 Å². The maximum atomic E-state index is 11.9. The first-order chi connectivity index (χ1) is 12.4. The van der Waals surface area contributed by atoms with E-state index in [1.54, 1.807) is 6.07 Å². The van der Waals surface area contributed by atoms with Crippen LogP contribution in [0.1, 0.15) is 43.2 Å². The lowest BCUT2D eigenvalue weighted by Crippen LogP contribution is -2.37. The van der Waals surface area contributed by atoms with Crippen molar-refractivity contribution >= 4 is 23.6 Å². The fourth-order valence-corrected chi connectivity index (χ4v) is 4.32. The lowest BCUT2D eigenvalue weighted by molar-refractivity contribution is -0.149. The minimum absolute atomic E-state index is 0.354. The number of nitrogens with one attached hydrogen (secondary N) is 2. The summed E-state index contributed by atoms with van der Waals surface area (Å²) in [4.78, 5) is 35.6. The summed E-state index contributed by atoms with van der Waals surface area (Å²) < 4.78 is 5.03. The summed E-state index contributed by atoms with van der Waals surface area (Å²) in [5.41, 5.74) is 2.63. The molecule has 3 amide bonds. The van der Waals surface area contributed by atoms with Crippen LogP contribution in [0.2, 0.25) is 0 Å². The van der Waals surface area contributed by atoms with Crippen LogP contribution in [0.4, 0.5) is 10.5 Å². The first kappa shape index (κ1) is 18.4. The molecule has 3 atom stereocenters. The third kappa shape index (κ3) is 4.62. The Labute approximate surface area is 153 Å². The molecule has 2 aliphatic carbocycles. The van der Waals surface area contributed by atoms with E-state index in [-0.39, 0.29) is 5.97 Å². The molecule has 1 aromatic carbocycles. The van der Waals surface area contributed by atoms with Gasteiger partial charge in [0.05, 0.1) is 0 Å². The number of rotatable bonds is 5. The lowest BCUT2D eigenvalue weighted by atomic mass is 9.86. The van der Waals surface area contributed by atoms with Crippen molar-refractivity contribution in [2.75, 3.05) is 11.9 Å². The number of anilines is 1. The van der Waals surface area contributed by atoms with Crippen molar-refractivity contribution in [1.29, 1.82) is 0 Å². The molecule has 6 nitrogen and oxygen atoms in total. The standard InChI is InChI=1S/C20H26N2O4/c1-12-3-6-17(13(2)7-12)21-20(25)22-18(23)11-26-19(24)10-16-9-14-4-5-15(16)8-14/h3,6-7,14-16H,4-5,8-11H2,1-2H3,(H2,21,22,23,25)/t14-,15+,16+/m0/s1. The minimum Gasteiger partial charge on any atom is -0.456 e. The van der Waals surface area contributed by atoms with Crippen LogP contribution in [0.3, 0.4) is 0 Å². The van der Waals surface area contributed by atoms with Crippen LogP contribution in [0.5, 0.6) is 0 Å². The van der Waals surface area contributed by atoms with Gasteiger partial charge in [0.25, 0.3) is 5.91 Å². The first-order valence-electron chi connectivity index (χ1n) is 9.24. The normalized spacial score (nSPS) is 23.5. The maximum absolute atomic E-state index is 11.9. The van der Waals surface area contributed by atoms with Gasteiger partial charge in [-0.1, -0.05) is 24.1 Å². The number of hydrogen-bond acceptors (Lipinski definition) is 4. The molecular formula is C20H26N2O4. The third-order valence-corrected chi connectivity index (χ3v) is 5.56. The van der Waals surface area contributed by atoms with Crippen molar-refractivity contribution in [3.8, 4) is 0 Å². The average Bonchev–Trinajstić information content (AvgIpc) is 3.18. The zero-order chi connectivity index (χ0) is 18.7. The van der Waals surface area contributed by atoms with Gasteiger partial charge in [0.15, 0.2) is 6.61 Å². The molecule has 0 saturated heterocycles. The number of hydrogen-bond donors (Lipinski definition) is 2. The molecule has 0 aromatic heterocycles. The van der Waals surface area contributed by atoms with E-state index in [0.717, 1.165) is 23.5 Å². The molecule has 0 radical (unpaired) electrons. The van der Waals surface area contributed by atoms with Crippen molar-refractivity contribution in [2.24, 2.45) is 17.8 Å². The van der Waals surface area contributed by atoms with Crippen molar-refractivity contribution in [2.45, 2.75) is 46.0 Å². The van der Waals surface area contributed by atoms with E-state index < -0.39 is 18.5 Å². The average molecular weight is 358 g/mol. The summed E-state index contributed by atoms with van der Waals surface area (Å²) >= 11 is 0. The van der Waals surface area contributed by atoms with E-state index in [1.807, 2.05) is 26.0 Å². The summed E-state index contributed by atoms with van der Waals surface area (Å²) in [5.74, 6) is 0.832. The van der Waals surface area contributed by atoms with Crippen LogP contribution in [0, 0.1) is 31.6 Å². The zero-order valence-corrected chi connectivity index (χ0v) is 15.3. The van der Waals surface area contributed by atoms with Gasteiger partial charge in [-0.05, 0) is 62.5 Å². The van der Waals surface area contributed by atoms with Gasteiger partial charge < -0.3 is 10.1 Å². The van der Waals surface area contributed by atoms with Gasteiger partial charge in [0.1, 0.15) is 0 Å². The van der Waals surface area contributed by atoms with E-state index in [1.165, 1.54) is 19.3 Å². The Kier molecular flexibility index (Phi) is 5.59. The number of esters is 1. The highest BCUT2D eigenvalue weighted by molar-refractivity contribution is 6.02. The number of urea groups is 1. The van der Waals surface area contributed by atoms with Crippen LogP contribution in [-0.2, 0) is 14.3 Å². The highest BCUT2D eigenvalue weighted by atomic mass is 16.5. The topological polar surface area (TPSA) is 84.5 Å². The van der Waals surface area contributed by atoms with Crippen LogP contribution >= 0.6 is 0 Å². The number of ether oxygens (including phenoxy) is 1. The summed E-state index contributed by atoms with van der Waals surface area (Å²) in [6.07, 6.45) is 5.21. The highest BCUT2D eigenvalue weighted by Crippen LogP contribution is 2.49. The van der Waals surface area contributed by atoms with E-state index >= 15 is 0 Å². The molecule has 0 aliphatic heterocycles. The Bertz CT molecular complexity index is 716. The van der Waals surface area contributed by atoms with Gasteiger partial charge in [-0.15, -0.1) is 0 Å². The number of fused-ring (bicyclic) bond motifs is 2. The quantitative estimate of drug-likeness (QED) is 0.791. The van der Waals surface area contributed by atoms with Crippen molar-refractivity contribution < 1.29 is 19.1 Å². The molecule has 2 aliphatic rings. The largest absolute Gasteiger partial charge is 0.456 e. The summed E-state index contributed by atoms with van der Waals surface area (Å²) in [7, 11) is 0. The smallest absolute Gasteiger partial charge is 0.325 e. The van der Waals surface area contributed by atoms with Crippen molar-refractivity contribution in [3.05, 3.63) is 29.3 Å². The highest BCUT2D eigenvalue weighted by Gasteiger charge is 2.40. The van der Waals surface area contributed by atoms with Gasteiger partial charge >= 0.3 is 12.0 Å². The molecule has 1 aromatic rings. The molecule has 0 spiro atoms. The molecule has 2 fully saturated rings. The van der Waals surface area contributed by atoms with Crippen LogP contribution in [0.15, 0.2) is 18.2 Å². The molecule has 0 heterocycles.